The molecule has 0 aliphatic rings. The molecular formula is C18H26Cl2N6O2. The van der Waals surface area contributed by atoms with Crippen LogP contribution in [0.25, 0.3) is 5.69 Å². The van der Waals surface area contributed by atoms with Crippen molar-refractivity contribution in [2.24, 2.45) is 16.5 Å². The van der Waals surface area contributed by atoms with E-state index in [0.717, 1.165) is 13.1 Å². The molecule has 0 bridgehead atoms. The molecule has 0 radical (unpaired) electrons. The summed E-state index contributed by atoms with van der Waals surface area (Å²) in [6.45, 7) is 5.83. The van der Waals surface area contributed by atoms with Crippen molar-refractivity contribution in [3.05, 3.63) is 48.3 Å². The van der Waals surface area contributed by atoms with Gasteiger partial charge in [0.25, 0.3) is 5.91 Å². The Morgan fingerprint density at radius 2 is 1.68 bits per heavy atom. The van der Waals surface area contributed by atoms with E-state index >= 15 is 0 Å². The van der Waals surface area contributed by atoms with Crippen molar-refractivity contribution < 1.29 is 9.59 Å². The maximum absolute atomic E-state index is 12.3. The summed E-state index contributed by atoms with van der Waals surface area (Å²) in [5, 5.41) is 2.83. The summed E-state index contributed by atoms with van der Waals surface area (Å²) in [7, 11) is 0. The fourth-order valence-corrected chi connectivity index (χ4v) is 2.50. The first-order valence-electron chi connectivity index (χ1n) is 8.37. The Balaban J connectivity index is 0.00000364. The van der Waals surface area contributed by atoms with E-state index in [0.29, 0.717) is 11.4 Å². The highest BCUT2D eigenvalue weighted by atomic mass is 35.5. The predicted octanol–water partition coefficient (Wildman–Crippen LogP) is 2.01. The lowest BCUT2D eigenvalue weighted by atomic mass is 10.1. The summed E-state index contributed by atoms with van der Waals surface area (Å²) >= 11 is 0. The lowest BCUT2D eigenvalue weighted by molar-refractivity contribution is -0.117. The van der Waals surface area contributed by atoms with E-state index in [-0.39, 0.29) is 48.8 Å². The van der Waals surface area contributed by atoms with E-state index in [2.05, 4.69) is 10.3 Å². The second kappa shape index (κ2) is 12.0. The fourth-order valence-electron chi connectivity index (χ4n) is 2.50. The number of carbonyl (C=O) groups excluding carboxylic acids is 2. The molecule has 1 aromatic carbocycles. The third-order valence-corrected chi connectivity index (χ3v) is 3.84. The Bertz CT molecular complexity index is 800. The Hall–Kier alpha value is -2.55. The average Bonchev–Trinajstić information content (AvgIpc) is 3.13. The molecule has 1 heterocycles. The first-order valence-corrected chi connectivity index (χ1v) is 8.37. The number of anilines is 1. The van der Waals surface area contributed by atoms with Crippen LogP contribution >= 0.6 is 24.8 Å². The zero-order chi connectivity index (χ0) is 19.1. The van der Waals surface area contributed by atoms with Gasteiger partial charge in [-0.15, -0.1) is 24.8 Å². The number of nitrogens with two attached hydrogens (primary N) is 2. The van der Waals surface area contributed by atoms with Crippen molar-refractivity contribution in [3.63, 3.8) is 0 Å². The third kappa shape index (κ3) is 7.22. The van der Waals surface area contributed by atoms with E-state index in [1.165, 1.54) is 0 Å². The number of amides is 2. The van der Waals surface area contributed by atoms with Crippen molar-refractivity contribution in [2.75, 3.05) is 25.0 Å². The van der Waals surface area contributed by atoms with Gasteiger partial charge in [0, 0.05) is 29.3 Å². The van der Waals surface area contributed by atoms with Crippen LogP contribution in [0.5, 0.6) is 0 Å². The summed E-state index contributed by atoms with van der Waals surface area (Å²) in [5.41, 5.74) is 12.1. The molecule has 28 heavy (non-hydrogen) atoms. The normalized spacial score (nSPS) is 9.82. The van der Waals surface area contributed by atoms with Crippen molar-refractivity contribution in [1.29, 1.82) is 0 Å². The fraction of sp³-hybridized carbons (Fsp3) is 0.278. The molecule has 1 aromatic heterocycles. The van der Waals surface area contributed by atoms with E-state index in [4.69, 9.17) is 11.5 Å². The number of aromatic nitrogens is 1. The van der Waals surface area contributed by atoms with E-state index in [9.17, 15) is 9.59 Å². The Morgan fingerprint density at radius 3 is 2.21 bits per heavy atom. The molecule has 10 heteroatoms. The molecule has 154 valence electrons. The van der Waals surface area contributed by atoms with Crippen molar-refractivity contribution in [1.82, 2.24) is 9.47 Å². The summed E-state index contributed by atoms with van der Waals surface area (Å²) in [4.78, 5) is 30.1. The van der Waals surface area contributed by atoms with Gasteiger partial charge >= 0.3 is 0 Å². The van der Waals surface area contributed by atoms with Gasteiger partial charge in [-0.05, 0) is 43.4 Å². The Kier molecular flexibility index (Phi) is 10.9. The van der Waals surface area contributed by atoms with Gasteiger partial charge in [-0.3, -0.25) is 14.5 Å². The van der Waals surface area contributed by atoms with Crippen LogP contribution in [0.1, 0.15) is 24.2 Å². The van der Waals surface area contributed by atoms with Crippen LogP contribution in [0.4, 0.5) is 5.69 Å². The molecule has 8 nitrogen and oxygen atoms in total. The highest BCUT2D eigenvalue weighted by Crippen LogP contribution is 2.19. The van der Waals surface area contributed by atoms with Gasteiger partial charge in [0.1, 0.15) is 0 Å². The van der Waals surface area contributed by atoms with E-state index in [1.807, 2.05) is 47.8 Å². The summed E-state index contributed by atoms with van der Waals surface area (Å²) in [6.07, 6.45) is 3.68. The van der Waals surface area contributed by atoms with Crippen LogP contribution in [-0.2, 0) is 4.79 Å². The number of likely N-dealkylation sites (N-methyl/N-ethyl adjacent to an activating group) is 1. The maximum Gasteiger partial charge on any atom is 0.280 e. The molecular weight excluding hydrogens is 403 g/mol. The number of hydrogen-bond donors (Lipinski definition) is 3. The minimum Gasteiger partial charge on any atom is -0.370 e. The second-order valence-corrected chi connectivity index (χ2v) is 5.71. The molecule has 0 atom stereocenters. The van der Waals surface area contributed by atoms with E-state index in [1.54, 1.807) is 18.2 Å². The van der Waals surface area contributed by atoms with Gasteiger partial charge in [-0.25, -0.2) is 0 Å². The summed E-state index contributed by atoms with van der Waals surface area (Å²) in [6, 6.07) is 8.73. The zero-order valence-electron chi connectivity index (χ0n) is 15.8. The van der Waals surface area contributed by atoms with Gasteiger partial charge in [0.2, 0.25) is 5.91 Å². The average molecular weight is 429 g/mol. The molecule has 2 rings (SSSR count). The van der Waals surface area contributed by atoms with Gasteiger partial charge in [-0.1, -0.05) is 13.8 Å². The Labute approximate surface area is 176 Å². The molecule has 2 aromatic rings. The van der Waals surface area contributed by atoms with Crippen LogP contribution in [0, 0.1) is 0 Å². The molecule has 0 aliphatic heterocycles. The molecule has 0 saturated heterocycles. The quantitative estimate of drug-likeness (QED) is 0.460. The van der Waals surface area contributed by atoms with Gasteiger partial charge in [0.15, 0.2) is 5.96 Å². The first kappa shape index (κ1) is 25.4. The monoisotopic (exact) mass is 428 g/mol. The number of rotatable bonds is 7. The van der Waals surface area contributed by atoms with Crippen LogP contribution in [0.15, 0.2) is 47.7 Å². The number of aliphatic imine (C=N–C) groups is 1. The molecule has 0 fully saturated rings. The number of halogens is 2. The first-order chi connectivity index (χ1) is 12.4. The molecule has 2 amide bonds. The molecule has 5 N–H and O–H groups in total. The highest BCUT2D eigenvalue weighted by Gasteiger charge is 2.12. The number of nitrogens with zero attached hydrogens (tertiary/aromatic N) is 3. The van der Waals surface area contributed by atoms with Gasteiger partial charge < -0.3 is 21.4 Å². The predicted molar refractivity (Wildman–Crippen MR) is 117 cm³/mol. The lowest BCUT2D eigenvalue weighted by Gasteiger charge is -2.17. The van der Waals surface area contributed by atoms with Crippen molar-refractivity contribution in [3.8, 4) is 5.69 Å². The van der Waals surface area contributed by atoms with Crippen molar-refractivity contribution in [2.45, 2.75) is 13.8 Å². The molecule has 0 saturated carbocycles. The van der Waals surface area contributed by atoms with Crippen LogP contribution in [-0.4, -0.2) is 46.9 Å². The largest absolute Gasteiger partial charge is 0.370 e. The minimum atomic E-state index is -0.571. The van der Waals surface area contributed by atoms with Crippen LogP contribution in [0.2, 0.25) is 0 Å². The Morgan fingerprint density at radius 1 is 1.07 bits per heavy atom. The molecule has 0 aliphatic carbocycles. The molecule has 0 spiro atoms. The van der Waals surface area contributed by atoms with Gasteiger partial charge in [0.05, 0.1) is 6.54 Å². The van der Waals surface area contributed by atoms with Crippen LogP contribution in [0.3, 0.4) is 0 Å². The minimum absolute atomic E-state index is 0. The smallest absolute Gasteiger partial charge is 0.280 e. The number of carbonyl (C=O) groups is 2. The summed E-state index contributed by atoms with van der Waals surface area (Å²) < 4.78 is 1.83. The molecule has 0 unspecified atom stereocenters. The van der Waals surface area contributed by atoms with Crippen molar-refractivity contribution >= 4 is 48.3 Å². The maximum atomic E-state index is 12.3. The van der Waals surface area contributed by atoms with E-state index < -0.39 is 5.91 Å². The van der Waals surface area contributed by atoms with Gasteiger partial charge in [-0.2, -0.15) is 4.99 Å². The third-order valence-electron chi connectivity index (χ3n) is 3.84. The van der Waals surface area contributed by atoms with Crippen LogP contribution < -0.4 is 16.8 Å². The number of guanidine groups is 1. The second-order valence-electron chi connectivity index (χ2n) is 5.71. The summed E-state index contributed by atoms with van der Waals surface area (Å²) in [5.74, 6) is -1.04. The lowest BCUT2D eigenvalue weighted by Crippen LogP contribution is -2.33. The number of benzene rings is 1. The SMILES string of the molecule is CCN(CC)CC(=O)Nc1cc(C(=O)N=C(N)N)cc(-n2cccc2)c1.Cl.Cl. The number of nitrogens with one attached hydrogen (secondary N) is 1. The standard InChI is InChI=1S/C18H24N6O2.2ClH/c1-3-23(4-2)12-16(25)21-14-9-13(17(26)22-18(19)20)10-15(11-14)24-7-5-6-8-24;;/h5-11H,3-4,12H2,1-2H3,(H,21,25)(H4,19,20,22,26);2*1H. The highest BCUT2D eigenvalue weighted by molar-refractivity contribution is 6.03. The number of hydrogen-bond acceptors (Lipinski definition) is 3. The topological polar surface area (TPSA) is 119 Å². The zero-order valence-corrected chi connectivity index (χ0v) is 17.4.